The third-order valence-corrected chi connectivity index (χ3v) is 6.14. The highest BCUT2D eigenvalue weighted by atomic mass is 35.5. The molecule has 2 aliphatic rings. The first-order chi connectivity index (χ1) is 15.2. The van der Waals surface area contributed by atoms with Gasteiger partial charge in [0.2, 0.25) is 5.91 Å². The van der Waals surface area contributed by atoms with E-state index in [1.165, 1.54) is 0 Å². The number of phenolic OH excluding ortho intramolecular Hbond substituents is 1. The standard InChI is InChI=1S/C26H31N3O4.ClH/c1-24(2)12-16-11-18(30)21-17(13-25(3,4)33-21)19(16)20(28-24)14-8-7-9-15(10-14)22(31)29-26(5,6)23(27)32;/h7-11,30H,12-13H2,1-6H3,(H2,27,32)(H,29,31);1H. The van der Waals surface area contributed by atoms with E-state index in [1.807, 2.05) is 33.8 Å². The summed E-state index contributed by atoms with van der Waals surface area (Å²) < 4.78 is 6.05. The second kappa shape index (κ2) is 8.31. The lowest BCUT2D eigenvalue weighted by molar-refractivity contribution is -0.122. The maximum Gasteiger partial charge on any atom is 0.252 e. The molecule has 7 nitrogen and oxygen atoms in total. The Morgan fingerprint density at radius 3 is 2.47 bits per heavy atom. The number of amides is 2. The molecular formula is C26H32ClN3O4. The van der Waals surface area contributed by atoms with Gasteiger partial charge in [0.1, 0.15) is 11.1 Å². The molecule has 0 unspecified atom stereocenters. The normalized spacial score (nSPS) is 17.4. The summed E-state index contributed by atoms with van der Waals surface area (Å²) in [6.45, 7) is 11.2. The molecule has 0 aromatic heterocycles. The molecule has 0 aliphatic carbocycles. The monoisotopic (exact) mass is 485 g/mol. The highest BCUT2D eigenvalue weighted by molar-refractivity contribution is 6.17. The number of fused-ring (bicyclic) bond motifs is 3. The summed E-state index contributed by atoms with van der Waals surface area (Å²) in [5, 5.41) is 13.4. The Labute approximate surface area is 206 Å². The first kappa shape index (κ1) is 25.6. The van der Waals surface area contributed by atoms with Crippen LogP contribution in [0.5, 0.6) is 11.5 Å². The van der Waals surface area contributed by atoms with E-state index in [-0.39, 0.29) is 23.7 Å². The fourth-order valence-electron chi connectivity index (χ4n) is 4.52. The number of hydrogen-bond donors (Lipinski definition) is 3. The van der Waals surface area contributed by atoms with Crippen molar-refractivity contribution in [1.82, 2.24) is 5.32 Å². The van der Waals surface area contributed by atoms with Gasteiger partial charge in [-0.25, -0.2) is 0 Å². The first-order valence-corrected chi connectivity index (χ1v) is 11.1. The lowest BCUT2D eigenvalue weighted by atomic mass is 9.80. The molecule has 0 bridgehead atoms. The Bertz CT molecular complexity index is 1210. The van der Waals surface area contributed by atoms with Crippen LogP contribution in [-0.4, -0.2) is 39.3 Å². The largest absolute Gasteiger partial charge is 0.504 e. The topological polar surface area (TPSA) is 114 Å². The Kier molecular flexibility index (Phi) is 6.25. The fraction of sp³-hybridized carbons (Fsp3) is 0.423. The van der Waals surface area contributed by atoms with Crippen LogP contribution in [0, 0.1) is 0 Å². The summed E-state index contributed by atoms with van der Waals surface area (Å²) in [6, 6.07) is 8.96. The van der Waals surface area contributed by atoms with Gasteiger partial charge in [-0.2, -0.15) is 0 Å². The van der Waals surface area contributed by atoms with Gasteiger partial charge in [-0.15, -0.1) is 12.4 Å². The van der Waals surface area contributed by atoms with Crippen LogP contribution in [-0.2, 0) is 17.6 Å². The number of carbonyl (C=O) groups excluding carboxylic acids is 2. The summed E-state index contributed by atoms with van der Waals surface area (Å²) in [5.74, 6) is -0.356. The van der Waals surface area contributed by atoms with Crippen molar-refractivity contribution in [2.75, 3.05) is 0 Å². The molecule has 0 radical (unpaired) electrons. The van der Waals surface area contributed by atoms with Crippen molar-refractivity contribution in [3.05, 3.63) is 58.1 Å². The molecule has 8 heteroatoms. The van der Waals surface area contributed by atoms with E-state index in [0.717, 1.165) is 28.0 Å². The molecule has 2 aromatic carbocycles. The second-order valence-corrected chi connectivity index (χ2v) is 10.7. The molecule has 0 fully saturated rings. The number of benzene rings is 2. The maximum absolute atomic E-state index is 12.9. The van der Waals surface area contributed by atoms with Crippen molar-refractivity contribution < 1.29 is 19.4 Å². The zero-order chi connectivity index (χ0) is 24.3. The van der Waals surface area contributed by atoms with Gasteiger partial charge in [-0.3, -0.25) is 14.6 Å². The number of aliphatic imine (C=N–C) groups is 1. The summed E-state index contributed by atoms with van der Waals surface area (Å²) in [6.07, 6.45) is 1.32. The number of phenols is 1. The van der Waals surface area contributed by atoms with Crippen LogP contribution in [0.4, 0.5) is 0 Å². The lowest BCUT2D eigenvalue weighted by Gasteiger charge is -2.31. The van der Waals surface area contributed by atoms with E-state index in [0.29, 0.717) is 24.2 Å². The van der Waals surface area contributed by atoms with Crippen LogP contribution in [0.3, 0.4) is 0 Å². The smallest absolute Gasteiger partial charge is 0.252 e. The lowest BCUT2D eigenvalue weighted by Crippen LogP contribution is -2.53. The van der Waals surface area contributed by atoms with Crippen LogP contribution >= 0.6 is 12.4 Å². The van der Waals surface area contributed by atoms with Gasteiger partial charge in [0.15, 0.2) is 11.5 Å². The van der Waals surface area contributed by atoms with Crippen molar-refractivity contribution in [3.63, 3.8) is 0 Å². The fourth-order valence-corrected chi connectivity index (χ4v) is 4.52. The second-order valence-electron chi connectivity index (χ2n) is 10.7. The van der Waals surface area contributed by atoms with Crippen molar-refractivity contribution in [2.45, 2.75) is 71.1 Å². The number of carbonyl (C=O) groups is 2. The maximum atomic E-state index is 12.9. The predicted octanol–water partition coefficient (Wildman–Crippen LogP) is 3.69. The van der Waals surface area contributed by atoms with E-state index >= 15 is 0 Å². The van der Waals surface area contributed by atoms with Gasteiger partial charge in [-0.1, -0.05) is 12.1 Å². The number of halogens is 1. The van der Waals surface area contributed by atoms with Crippen LogP contribution in [0.1, 0.15) is 74.2 Å². The number of aromatic hydroxyl groups is 1. The van der Waals surface area contributed by atoms with Crippen LogP contribution in [0.2, 0.25) is 0 Å². The van der Waals surface area contributed by atoms with Crippen LogP contribution < -0.4 is 15.8 Å². The quantitative estimate of drug-likeness (QED) is 0.612. The van der Waals surface area contributed by atoms with Gasteiger partial charge < -0.3 is 20.9 Å². The van der Waals surface area contributed by atoms with Gasteiger partial charge >= 0.3 is 0 Å². The summed E-state index contributed by atoms with van der Waals surface area (Å²) in [5.41, 5.74) is 8.27. The predicted molar refractivity (Wildman–Crippen MR) is 134 cm³/mol. The molecule has 4 N–H and O–H groups in total. The summed E-state index contributed by atoms with van der Waals surface area (Å²) in [7, 11) is 0. The van der Waals surface area contributed by atoms with Gasteiger partial charge in [0.05, 0.1) is 11.3 Å². The number of nitrogens with zero attached hydrogens (tertiary/aromatic N) is 1. The molecule has 182 valence electrons. The van der Waals surface area contributed by atoms with Gasteiger partial charge in [0, 0.05) is 28.7 Å². The summed E-state index contributed by atoms with van der Waals surface area (Å²) in [4.78, 5) is 29.6. The molecule has 2 amide bonds. The SMILES string of the molecule is CC1(C)Cc2cc(O)c3c(c2C(c2cccc(C(=O)NC(C)(C)C(N)=O)c2)=N1)CC(C)(C)O3.Cl. The number of hydrogen-bond acceptors (Lipinski definition) is 5. The van der Waals surface area contributed by atoms with E-state index in [4.69, 9.17) is 15.5 Å². The van der Waals surface area contributed by atoms with E-state index in [9.17, 15) is 14.7 Å². The highest BCUT2D eigenvalue weighted by Gasteiger charge is 2.39. The average Bonchev–Trinajstić information content (AvgIpc) is 3.02. The molecule has 4 rings (SSSR count). The van der Waals surface area contributed by atoms with Crippen molar-refractivity contribution in [1.29, 1.82) is 0 Å². The minimum atomic E-state index is -1.18. The number of nitrogens with two attached hydrogens (primary N) is 1. The Hall–Kier alpha value is -3.06. The Morgan fingerprint density at radius 1 is 1.15 bits per heavy atom. The number of nitrogens with one attached hydrogen (secondary N) is 1. The molecule has 2 aromatic rings. The molecular weight excluding hydrogens is 454 g/mol. The molecule has 0 saturated heterocycles. The number of ether oxygens (including phenoxy) is 1. The third kappa shape index (κ3) is 4.62. The van der Waals surface area contributed by atoms with Gasteiger partial charge in [-0.05, 0) is 71.7 Å². The number of primary amides is 1. The van der Waals surface area contributed by atoms with Crippen LogP contribution in [0.15, 0.2) is 35.3 Å². The minimum Gasteiger partial charge on any atom is -0.504 e. The molecule has 34 heavy (non-hydrogen) atoms. The molecule has 2 aliphatic heterocycles. The number of rotatable bonds is 4. The molecule has 0 atom stereocenters. The Morgan fingerprint density at radius 2 is 1.82 bits per heavy atom. The third-order valence-electron chi connectivity index (χ3n) is 6.14. The van der Waals surface area contributed by atoms with Crippen molar-refractivity contribution >= 4 is 29.9 Å². The minimum absolute atomic E-state index is 0. The zero-order valence-electron chi connectivity index (χ0n) is 20.4. The average molecular weight is 486 g/mol. The summed E-state index contributed by atoms with van der Waals surface area (Å²) >= 11 is 0. The van der Waals surface area contributed by atoms with E-state index in [2.05, 4.69) is 5.32 Å². The zero-order valence-corrected chi connectivity index (χ0v) is 21.2. The molecule has 0 saturated carbocycles. The first-order valence-electron chi connectivity index (χ1n) is 11.1. The van der Waals surface area contributed by atoms with E-state index < -0.39 is 23.0 Å². The van der Waals surface area contributed by atoms with Crippen LogP contribution in [0.25, 0.3) is 0 Å². The molecule has 2 heterocycles. The molecule has 0 spiro atoms. The van der Waals surface area contributed by atoms with E-state index in [1.54, 1.807) is 38.1 Å². The highest BCUT2D eigenvalue weighted by Crippen LogP contribution is 2.47. The Balaban J connectivity index is 0.00000324. The van der Waals surface area contributed by atoms with Gasteiger partial charge in [0.25, 0.3) is 5.91 Å². The van der Waals surface area contributed by atoms with Crippen molar-refractivity contribution in [2.24, 2.45) is 10.7 Å². The van der Waals surface area contributed by atoms with Crippen molar-refractivity contribution in [3.8, 4) is 11.5 Å².